The average molecular weight is 354 g/mol. The number of methoxy groups -OCH3 is 1. The molecule has 1 saturated carbocycles. The molecule has 1 aliphatic heterocycles. The molecule has 7 heteroatoms. The van der Waals surface area contributed by atoms with Crippen molar-refractivity contribution in [1.29, 1.82) is 0 Å². The molecule has 0 spiro atoms. The van der Waals surface area contributed by atoms with Gasteiger partial charge in [0.05, 0.1) is 13.4 Å². The number of nitrogens with zero attached hydrogens (tertiary/aromatic N) is 1. The highest BCUT2D eigenvalue weighted by Crippen LogP contribution is 2.41. The van der Waals surface area contributed by atoms with Crippen molar-refractivity contribution in [2.45, 2.75) is 18.9 Å². The van der Waals surface area contributed by atoms with Gasteiger partial charge in [-0.05, 0) is 36.8 Å². The van der Waals surface area contributed by atoms with E-state index in [1.807, 2.05) is 24.3 Å². The summed E-state index contributed by atoms with van der Waals surface area (Å²) in [4.78, 5) is 2.30. The molecule has 3 rings (SSSR count). The lowest BCUT2D eigenvalue weighted by Crippen LogP contribution is -2.40. The smallest absolute Gasteiger partial charge is 0.209 e. The molecule has 134 valence electrons. The Morgan fingerprint density at radius 2 is 2.00 bits per heavy atom. The standard InChI is InChI=1S/C17H26N2O4S/c1-22-14-4-3-5-15(10-14)23-9-8-19-11-16(13-6-7-13)17(12-19)18-24(2,20)21/h3-5,10,13,16-18H,6-9,11-12H2,1-2H3/t16-,17+/m1/s1. The molecule has 1 heterocycles. The zero-order valence-corrected chi connectivity index (χ0v) is 15.1. The lowest BCUT2D eigenvalue weighted by Gasteiger charge is -2.17. The van der Waals surface area contributed by atoms with E-state index in [-0.39, 0.29) is 6.04 Å². The monoisotopic (exact) mass is 354 g/mol. The average Bonchev–Trinajstić information content (AvgIpc) is 3.29. The molecule has 0 bridgehead atoms. The highest BCUT2D eigenvalue weighted by Gasteiger charge is 2.43. The Bertz CT molecular complexity index is 660. The predicted octanol–water partition coefficient (Wildman–Crippen LogP) is 1.33. The van der Waals surface area contributed by atoms with Crippen LogP contribution in [0.4, 0.5) is 0 Å². The van der Waals surface area contributed by atoms with Crippen LogP contribution in [0.5, 0.6) is 11.5 Å². The van der Waals surface area contributed by atoms with E-state index in [0.717, 1.165) is 31.1 Å². The Morgan fingerprint density at radius 1 is 1.25 bits per heavy atom. The van der Waals surface area contributed by atoms with Crippen molar-refractivity contribution in [3.05, 3.63) is 24.3 Å². The minimum atomic E-state index is -3.16. The maximum atomic E-state index is 11.6. The molecule has 2 aliphatic rings. The molecule has 0 unspecified atom stereocenters. The van der Waals surface area contributed by atoms with Gasteiger partial charge in [0.2, 0.25) is 10.0 Å². The first-order valence-corrected chi connectivity index (χ1v) is 10.3. The number of benzene rings is 1. The van der Waals surface area contributed by atoms with Gasteiger partial charge in [0.25, 0.3) is 0 Å². The number of hydrogen-bond donors (Lipinski definition) is 1. The second-order valence-corrected chi connectivity index (χ2v) is 8.56. The van der Waals surface area contributed by atoms with Crippen LogP contribution in [0.2, 0.25) is 0 Å². The zero-order chi connectivity index (χ0) is 17.2. The number of hydrogen-bond acceptors (Lipinski definition) is 5. The van der Waals surface area contributed by atoms with Crippen molar-refractivity contribution in [2.24, 2.45) is 11.8 Å². The second kappa shape index (κ2) is 7.29. The Labute approximate surface area is 144 Å². The summed E-state index contributed by atoms with van der Waals surface area (Å²) in [6.45, 7) is 3.08. The first-order valence-electron chi connectivity index (χ1n) is 8.41. The van der Waals surface area contributed by atoms with Gasteiger partial charge in [0.1, 0.15) is 18.1 Å². The number of nitrogens with one attached hydrogen (secondary N) is 1. The number of rotatable bonds is 8. The summed E-state index contributed by atoms with van der Waals surface area (Å²) in [6, 6.07) is 7.59. The van der Waals surface area contributed by atoms with Crippen molar-refractivity contribution in [3.8, 4) is 11.5 Å². The van der Waals surface area contributed by atoms with E-state index >= 15 is 0 Å². The van der Waals surface area contributed by atoms with Crippen LogP contribution in [0.3, 0.4) is 0 Å². The Balaban J connectivity index is 1.50. The number of sulfonamides is 1. The maximum Gasteiger partial charge on any atom is 0.209 e. The molecule has 1 N–H and O–H groups in total. The molecule has 2 fully saturated rings. The van der Waals surface area contributed by atoms with Gasteiger partial charge in [-0.2, -0.15) is 0 Å². The Morgan fingerprint density at radius 3 is 2.67 bits per heavy atom. The third-order valence-corrected chi connectivity index (χ3v) is 5.48. The van der Waals surface area contributed by atoms with Crippen molar-refractivity contribution in [1.82, 2.24) is 9.62 Å². The van der Waals surface area contributed by atoms with Crippen LogP contribution in [-0.2, 0) is 10.0 Å². The minimum Gasteiger partial charge on any atom is -0.497 e. The molecule has 6 nitrogen and oxygen atoms in total. The SMILES string of the molecule is COc1cccc(OCCN2C[C@H](NS(C)(=O)=O)[C@@H](C3CC3)C2)c1. The van der Waals surface area contributed by atoms with E-state index in [9.17, 15) is 8.42 Å². The van der Waals surface area contributed by atoms with Crippen LogP contribution in [0.25, 0.3) is 0 Å². The fourth-order valence-corrected chi connectivity index (χ4v) is 4.28. The summed E-state index contributed by atoms with van der Waals surface area (Å²) < 4.78 is 37.0. The van der Waals surface area contributed by atoms with Gasteiger partial charge in [-0.15, -0.1) is 0 Å². The van der Waals surface area contributed by atoms with Crippen molar-refractivity contribution >= 4 is 10.0 Å². The van der Waals surface area contributed by atoms with Crippen molar-refractivity contribution in [3.63, 3.8) is 0 Å². The van der Waals surface area contributed by atoms with Gasteiger partial charge >= 0.3 is 0 Å². The molecule has 1 aromatic carbocycles. The van der Waals surface area contributed by atoms with Gasteiger partial charge in [-0.3, -0.25) is 4.90 Å². The van der Waals surface area contributed by atoms with Crippen LogP contribution in [0.15, 0.2) is 24.3 Å². The van der Waals surface area contributed by atoms with Crippen molar-refractivity contribution in [2.75, 3.05) is 39.6 Å². The Hall–Kier alpha value is -1.31. The normalized spacial score (nSPS) is 24.9. The van der Waals surface area contributed by atoms with Crippen LogP contribution >= 0.6 is 0 Å². The molecule has 1 saturated heterocycles. The Kier molecular flexibility index (Phi) is 5.32. The van der Waals surface area contributed by atoms with E-state index in [2.05, 4.69) is 9.62 Å². The molecule has 1 aromatic rings. The highest BCUT2D eigenvalue weighted by molar-refractivity contribution is 7.88. The van der Waals surface area contributed by atoms with Crippen LogP contribution in [-0.4, -0.2) is 59.0 Å². The topological polar surface area (TPSA) is 67.9 Å². The fraction of sp³-hybridized carbons (Fsp3) is 0.647. The summed E-state index contributed by atoms with van der Waals surface area (Å²) in [5, 5.41) is 0. The zero-order valence-electron chi connectivity index (χ0n) is 14.3. The third-order valence-electron chi connectivity index (χ3n) is 4.75. The van der Waals surface area contributed by atoms with Gasteiger partial charge in [0.15, 0.2) is 0 Å². The van der Waals surface area contributed by atoms with E-state index in [0.29, 0.717) is 18.4 Å². The van der Waals surface area contributed by atoms with Gasteiger partial charge < -0.3 is 9.47 Å². The summed E-state index contributed by atoms with van der Waals surface area (Å²) in [6.07, 6.45) is 3.69. The largest absolute Gasteiger partial charge is 0.497 e. The quantitative estimate of drug-likeness (QED) is 0.763. The maximum absolute atomic E-state index is 11.6. The van der Waals surface area contributed by atoms with Crippen LogP contribution in [0.1, 0.15) is 12.8 Å². The van der Waals surface area contributed by atoms with E-state index in [1.54, 1.807) is 7.11 Å². The van der Waals surface area contributed by atoms with Crippen LogP contribution in [0, 0.1) is 11.8 Å². The van der Waals surface area contributed by atoms with Gasteiger partial charge in [-0.25, -0.2) is 13.1 Å². The first kappa shape index (κ1) is 17.5. The third kappa shape index (κ3) is 4.84. The lowest BCUT2D eigenvalue weighted by atomic mass is 9.99. The van der Waals surface area contributed by atoms with Crippen molar-refractivity contribution < 1.29 is 17.9 Å². The summed E-state index contributed by atoms with van der Waals surface area (Å²) in [5.41, 5.74) is 0. The minimum absolute atomic E-state index is 0.0318. The van der Waals surface area contributed by atoms with E-state index in [1.165, 1.54) is 19.1 Å². The van der Waals surface area contributed by atoms with E-state index < -0.39 is 10.0 Å². The number of likely N-dealkylation sites (tertiary alicyclic amines) is 1. The molecule has 0 radical (unpaired) electrons. The molecule has 1 aliphatic carbocycles. The molecule has 0 aromatic heterocycles. The molecule has 24 heavy (non-hydrogen) atoms. The lowest BCUT2D eigenvalue weighted by molar-refractivity contribution is 0.230. The molecule has 2 atom stereocenters. The second-order valence-electron chi connectivity index (χ2n) is 6.78. The van der Waals surface area contributed by atoms with Gasteiger partial charge in [0, 0.05) is 31.7 Å². The summed E-state index contributed by atoms with van der Waals surface area (Å²) >= 11 is 0. The molecular weight excluding hydrogens is 328 g/mol. The number of ether oxygens (including phenoxy) is 2. The molecular formula is C17H26N2O4S. The van der Waals surface area contributed by atoms with Crippen LogP contribution < -0.4 is 14.2 Å². The van der Waals surface area contributed by atoms with E-state index in [4.69, 9.17) is 9.47 Å². The fourth-order valence-electron chi connectivity index (χ4n) is 3.48. The highest BCUT2D eigenvalue weighted by atomic mass is 32.2. The summed E-state index contributed by atoms with van der Waals surface area (Å²) in [5.74, 6) is 2.67. The molecule has 0 amide bonds. The van der Waals surface area contributed by atoms with Gasteiger partial charge in [-0.1, -0.05) is 6.07 Å². The summed E-state index contributed by atoms with van der Waals surface area (Å²) in [7, 11) is -1.53. The first-order chi connectivity index (χ1) is 11.4. The predicted molar refractivity (Wildman–Crippen MR) is 92.9 cm³/mol.